The van der Waals surface area contributed by atoms with Crippen molar-refractivity contribution in [3.05, 3.63) is 99.1 Å². The Labute approximate surface area is 195 Å². The lowest BCUT2D eigenvalue weighted by atomic mass is 10.1. The van der Waals surface area contributed by atoms with Crippen molar-refractivity contribution in [2.75, 3.05) is 7.11 Å². The number of halogens is 3. The molecule has 180 valence electrons. The average Bonchev–Trinajstić information content (AvgIpc) is 2.84. The van der Waals surface area contributed by atoms with Crippen molar-refractivity contribution in [3.63, 3.8) is 0 Å². The molecule has 1 amide bonds. The maximum atomic E-state index is 13.0. The van der Waals surface area contributed by atoms with Crippen LogP contribution < -0.4 is 14.9 Å². The first kappa shape index (κ1) is 24.9. The predicted octanol–water partition coefficient (Wildman–Crippen LogP) is 4.61. The van der Waals surface area contributed by atoms with E-state index < -0.39 is 45.5 Å². The first-order valence-electron chi connectivity index (χ1n) is 9.74. The number of hydrogen-bond donors (Lipinski definition) is 1. The standard InChI is InChI=1S/C23H16F3N3O6/c1-34-18-10-8-14(9-11-18)21(30)28-27-13-16-5-3-7-19(29(32)33)20(16)35-22(31)15-4-2-6-17(12-15)23(24,25)26/h2-13H,1H3,(H,28,30)/b27-13+. The van der Waals surface area contributed by atoms with Gasteiger partial charge in [-0.25, -0.2) is 10.2 Å². The molecule has 0 unspecified atom stereocenters. The van der Waals surface area contributed by atoms with Gasteiger partial charge in [0, 0.05) is 17.2 Å². The molecule has 0 bridgehead atoms. The van der Waals surface area contributed by atoms with Gasteiger partial charge in [0.05, 0.1) is 29.4 Å². The molecule has 0 radical (unpaired) electrons. The number of nitro groups is 1. The van der Waals surface area contributed by atoms with Gasteiger partial charge in [-0.3, -0.25) is 14.9 Å². The van der Waals surface area contributed by atoms with E-state index in [1.165, 1.54) is 31.4 Å². The van der Waals surface area contributed by atoms with Gasteiger partial charge in [-0.15, -0.1) is 0 Å². The van der Waals surface area contributed by atoms with E-state index in [0.717, 1.165) is 30.5 Å². The lowest BCUT2D eigenvalue weighted by molar-refractivity contribution is -0.385. The van der Waals surface area contributed by atoms with E-state index >= 15 is 0 Å². The lowest BCUT2D eigenvalue weighted by Gasteiger charge is -2.10. The maximum Gasteiger partial charge on any atom is 0.416 e. The topological polar surface area (TPSA) is 120 Å². The SMILES string of the molecule is COc1ccc(C(=O)N/N=C/c2cccc([N+](=O)[O-])c2OC(=O)c2cccc(C(F)(F)F)c2)cc1. The minimum atomic E-state index is -4.70. The molecule has 0 heterocycles. The molecule has 0 aliphatic rings. The van der Waals surface area contributed by atoms with Crippen LogP contribution in [0, 0.1) is 10.1 Å². The molecule has 3 aromatic rings. The van der Waals surface area contributed by atoms with Crippen LogP contribution in [0.5, 0.6) is 11.5 Å². The fourth-order valence-electron chi connectivity index (χ4n) is 2.84. The smallest absolute Gasteiger partial charge is 0.416 e. The van der Waals surface area contributed by atoms with E-state index in [1.54, 1.807) is 12.1 Å². The quantitative estimate of drug-likeness (QED) is 0.171. The van der Waals surface area contributed by atoms with Gasteiger partial charge in [0.1, 0.15) is 5.75 Å². The summed E-state index contributed by atoms with van der Waals surface area (Å²) < 4.78 is 49.0. The Morgan fingerprint density at radius 3 is 2.34 bits per heavy atom. The second-order valence-corrected chi connectivity index (χ2v) is 6.85. The summed E-state index contributed by atoms with van der Waals surface area (Å²) in [6.07, 6.45) is -3.70. The predicted molar refractivity (Wildman–Crippen MR) is 118 cm³/mol. The number of esters is 1. The molecule has 0 aliphatic heterocycles. The largest absolute Gasteiger partial charge is 0.497 e. The normalized spacial score (nSPS) is 11.2. The monoisotopic (exact) mass is 487 g/mol. The van der Waals surface area contributed by atoms with E-state index in [1.807, 2.05) is 0 Å². The van der Waals surface area contributed by atoms with Crippen molar-refractivity contribution in [2.24, 2.45) is 5.10 Å². The number of methoxy groups -OCH3 is 1. The van der Waals surface area contributed by atoms with Crippen LogP contribution in [0.3, 0.4) is 0 Å². The lowest BCUT2D eigenvalue weighted by Crippen LogP contribution is -2.18. The third-order valence-corrected chi connectivity index (χ3v) is 4.56. The molecule has 9 nitrogen and oxygen atoms in total. The van der Waals surface area contributed by atoms with Crippen molar-refractivity contribution in [2.45, 2.75) is 6.18 Å². The minimum absolute atomic E-state index is 0.0745. The molecule has 0 aliphatic carbocycles. The number of ether oxygens (including phenoxy) is 2. The summed E-state index contributed by atoms with van der Waals surface area (Å²) in [6, 6.07) is 13.2. The Morgan fingerprint density at radius 2 is 1.71 bits per heavy atom. The van der Waals surface area contributed by atoms with Crippen LogP contribution >= 0.6 is 0 Å². The van der Waals surface area contributed by atoms with Crippen LogP contribution in [0.25, 0.3) is 0 Å². The molecule has 0 spiro atoms. The zero-order chi connectivity index (χ0) is 25.6. The van der Waals surface area contributed by atoms with Gasteiger partial charge >= 0.3 is 17.8 Å². The number of para-hydroxylation sites is 1. The highest BCUT2D eigenvalue weighted by Crippen LogP contribution is 2.32. The van der Waals surface area contributed by atoms with Gasteiger partial charge in [-0.05, 0) is 48.5 Å². The number of nitrogens with zero attached hydrogens (tertiary/aromatic N) is 2. The summed E-state index contributed by atoms with van der Waals surface area (Å²) in [5.74, 6) is -1.87. The highest BCUT2D eigenvalue weighted by atomic mass is 19.4. The number of alkyl halides is 3. The van der Waals surface area contributed by atoms with Crippen LogP contribution in [-0.2, 0) is 6.18 Å². The molecule has 35 heavy (non-hydrogen) atoms. The fourth-order valence-corrected chi connectivity index (χ4v) is 2.84. The molecular formula is C23H16F3N3O6. The molecule has 1 N–H and O–H groups in total. The van der Waals surface area contributed by atoms with E-state index in [-0.39, 0.29) is 11.1 Å². The molecule has 3 rings (SSSR count). The minimum Gasteiger partial charge on any atom is -0.497 e. The second kappa shape index (κ2) is 10.5. The van der Waals surface area contributed by atoms with Crippen LogP contribution in [0.2, 0.25) is 0 Å². The van der Waals surface area contributed by atoms with Crippen molar-refractivity contribution in [1.82, 2.24) is 5.43 Å². The molecule has 0 aromatic heterocycles. The Bertz CT molecular complexity index is 1290. The second-order valence-electron chi connectivity index (χ2n) is 6.85. The third kappa shape index (κ3) is 6.19. The van der Waals surface area contributed by atoms with Crippen LogP contribution in [0.1, 0.15) is 31.8 Å². The van der Waals surface area contributed by atoms with Crippen molar-refractivity contribution in [3.8, 4) is 11.5 Å². The summed E-state index contributed by atoms with van der Waals surface area (Å²) in [5.41, 5.74) is 0.219. The molecule has 0 saturated carbocycles. The van der Waals surface area contributed by atoms with E-state index in [2.05, 4.69) is 10.5 Å². The van der Waals surface area contributed by atoms with Crippen LogP contribution in [-0.4, -0.2) is 30.1 Å². The number of carbonyl (C=O) groups excluding carboxylic acids is 2. The number of hydrazone groups is 1. The number of nitrogens with one attached hydrogen (secondary N) is 1. The Balaban J connectivity index is 1.85. The van der Waals surface area contributed by atoms with Crippen molar-refractivity contribution in [1.29, 1.82) is 0 Å². The van der Waals surface area contributed by atoms with Crippen molar-refractivity contribution >= 4 is 23.8 Å². The number of carbonyl (C=O) groups is 2. The van der Waals surface area contributed by atoms with Gasteiger partial charge in [0.2, 0.25) is 5.75 Å². The highest BCUT2D eigenvalue weighted by Gasteiger charge is 2.31. The molecule has 0 atom stereocenters. The number of rotatable bonds is 7. The molecule has 0 fully saturated rings. The van der Waals surface area contributed by atoms with Gasteiger partial charge in [-0.1, -0.05) is 12.1 Å². The highest BCUT2D eigenvalue weighted by molar-refractivity contribution is 5.96. The van der Waals surface area contributed by atoms with Gasteiger partial charge in [0.15, 0.2) is 0 Å². The zero-order valence-electron chi connectivity index (χ0n) is 17.9. The van der Waals surface area contributed by atoms with Gasteiger partial charge in [0.25, 0.3) is 5.91 Å². The van der Waals surface area contributed by atoms with Gasteiger partial charge in [-0.2, -0.15) is 18.3 Å². The molecule has 0 saturated heterocycles. The summed E-state index contributed by atoms with van der Waals surface area (Å²) in [5, 5.41) is 15.2. The van der Waals surface area contributed by atoms with Crippen LogP contribution in [0.4, 0.5) is 18.9 Å². The fraction of sp³-hybridized carbons (Fsp3) is 0.0870. The Hall–Kier alpha value is -4.74. The first-order chi connectivity index (χ1) is 16.6. The summed E-state index contributed by atoms with van der Waals surface area (Å²) in [4.78, 5) is 35.3. The van der Waals surface area contributed by atoms with Gasteiger partial charge < -0.3 is 9.47 Å². The zero-order valence-corrected chi connectivity index (χ0v) is 17.9. The molecule has 3 aromatic carbocycles. The summed E-state index contributed by atoms with van der Waals surface area (Å²) in [6.45, 7) is 0. The van der Waals surface area contributed by atoms with Crippen LogP contribution in [0.15, 0.2) is 71.8 Å². The van der Waals surface area contributed by atoms with E-state index in [0.29, 0.717) is 11.8 Å². The molecular weight excluding hydrogens is 471 g/mol. The third-order valence-electron chi connectivity index (χ3n) is 4.56. The molecule has 12 heteroatoms. The average molecular weight is 487 g/mol. The summed E-state index contributed by atoms with van der Waals surface area (Å²) in [7, 11) is 1.47. The Kier molecular flexibility index (Phi) is 7.44. The summed E-state index contributed by atoms with van der Waals surface area (Å²) >= 11 is 0. The Morgan fingerprint density at radius 1 is 1.03 bits per heavy atom. The van der Waals surface area contributed by atoms with Crippen molar-refractivity contribution < 1.29 is 37.2 Å². The number of benzene rings is 3. The van der Waals surface area contributed by atoms with E-state index in [9.17, 15) is 32.9 Å². The van der Waals surface area contributed by atoms with E-state index in [4.69, 9.17) is 9.47 Å². The number of hydrogen-bond acceptors (Lipinski definition) is 7. The number of amides is 1. The first-order valence-corrected chi connectivity index (χ1v) is 9.74. The number of nitro benzene ring substituents is 1. The maximum absolute atomic E-state index is 13.0.